The summed E-state index contributed by atoms with van der Waals surface area (Å²) < 4.78 is 0. The highest BCUT2D eigenvalue weighted by molar-refractivity contribution is 5.99. The smallest absolute Gasteiger partial charge is 0.261 e. The molecule has 0 atom stereocenters. The zero-order chi connectivity index (χ0) is 14.0. The maximum absolute atomic E-state index is 12.1. The Bertz CT molecular complexity index is 589. The molecule has 7 nitrogen and oxygen atoms in total. The molecular weight excluding hydrogens is 248 g/mol. The van der Waals surface area contributed by atoms with Crippen LogP contribution in [0.3, 0.4) is 0 Å². The van der Waals surface area contributed by atoms with Crippen molar-refractivity contribution in [3.05, 3.63) is 35.4 Å². The van der Waals surface area contributed by atoms with Gasteiger partial charge in [-0.25, -0.2) is 4.98 Å². The van der Waals surface area contributed by atoms with Gasteiger partial charge in [0.05, 0.1) is 6.54 Å². The highest BCUT2D eigenvalue weighted by Gasteiger charge is 2.20. The van der Waals surface area contributed by atoms with Crippen LogP contribution in [-0.2, 0) is 6.54 Å². The molecule has 0 saturated heterocycles. The Morgan fingerprint density at radius 3 is 2.53 bits per heavy atom. The topological polar surface area (TPSA) is 102 Å². The number of phenolic OH excluding ortho intramolecular Hbond substituents is 2. The Morgan fingerprint density at radius 1 is 1.37 bits per heavy atom. The van der Waals surface area contributed by atoms with Gasteiger partial charge in [0.2, 0.25) is 0 Å². The number of nitrogens with one attached hydrogen (secondary N) is 1. The van der Waals surface area contributed by atoms with Crippen LogP contribution in [-0.4, -0.2) is 43.2 Å². The third-order valence-corrected chi connectivity index (χ3v) is 2.60. The summed E-state index contributed by atoms with van der Waals surface area (Å²) in [7, 11) is 1.54. The predicted octanol–water partition coefficient (Wildman–Crippen LogP) is 0.797. The number of H-pyrrole nitrogens is 1. The summed E-state index contributed by atoms with van der Waals surface area (Å²) in [5.41, 5.74) is -0.128. The van der Waals surface area contributed by atoms with E-state index in [1.807, 2.05) is 0 Å². The number of phenols is 2. The minimum absolute atomic E-state index is 0.128. The van der Waals surface area contributed by atoms with Gasteiger partial charge in [0.1, 0.15) is 22.9 Å². The van der Waals surface area contributed by atoms with E-state index in [4.69, 9.17) is 0 Å². The number of aromatic amines is 1. The lowest BCUT2D eigenvalue weighted by atomic mass is 10.1. The molecule has 19 heavy (non-hydrogen) atoms. The minimum atomic E-state index is -0.502. The lowest BCUT2D eigenvalue weighted by molar-refractivity contribution is 0.0775. The Kier molecular flexibility index (Phi) is 3.37. The molecule has 1 amide bonds. The summed E-state index contributed by atoms with van der Waals surface area (Å²) in [4.78, 5) is 17.5. The first-order valence-electron chi connectivity index (χ1n) is 5.63. The molecule has 7 heteroatoms. The summed E-state index contributed by atoms with van der Waals surface area (Å²) in [6, 6.07) is 4.15. The van der Waals surface area contributed by atoms with E-state index in [1.165, 1.54) is 23.1 Å². The Morgan fingerprint density at radius 2 is 2.00 bits per heavy atom. The van der Waals surface area contributed by atoms with Crippen LogP contribution in [0.2, 0.25) is 0 Å². The van der Waals surface area contributed by atoms with Gasteiger partial charge >= 0.3 is 0 Å². The molecule has 0 aliphatic heterocycles. The van der Waals surface area contributed by atoms with Gasteiger partial charge in [-0.15, -0.1) is 0 Å². The van der Waals surface area contributed by atoms with Crippen molar-refractivity contribution < 1.29 is 15.0 Å². The first kappa shape index (κ1) is 12.9. The number of benzene rings is 1. The van der Waals surface area contributed by atoms with Crippen LogP contribution in [0.1, 0.15) is 22.0 Å². The van der Waals surface area contributed by atoms with E-state index >= 15 is 0 Å². The van der Waals surface area contributed by atoms with E-state index in [9.17, 15) is 15.0 Å². The number of aromatic nitrogens is 3. The molecule has 1 heterocycles. The average molecular weight is 262 g/mol. The van der Waals surface area contributed by atoms with Crippen molar-refractivity contribution in [3.8, 4) is 11.5 Å². The lowest BCUT2D eigenvalue weighted by Crippen LogP contribution is -2.26. The molecule has 0 saturated carbocycles. The number of aryl methyl sites for hydroxylation is 1. The van der Waals surface area contributed by atoms with Crippen molar-refractivity contribution in [2.45, 2.75) is 13.5 Å². The van der Waals surface area contributed by atoms with Gasteiger partial charge in [-0.3, -0.25) is 9.89 Å². The van der Waals surface area contributed by atoms with Gasteiger partial charge < -0.3 is 15.1 Å². The van der Waals surface area contributed by atoms with E-state index in [-0.39, 0.29) is 23.6 Å². The van der Waals surface area contributed by atoms with E-state index in [2.05, 4.69) is 15.2 Å². The number of carbonyl (C=O) groups is 1. The van der Waals surface area contributed by atoms with E-state index < -0.39 is 5.91 Å². The van der Waals surface area contributed by atoms with Gasteiger partial charge in [0, 0.05) is 7.05 Å². The standard InChI is InChI=1S/C12H14N4O3/c1-7-13-10(15-14-7)6-16(2)12(19)11-8(17)4-3-5-9(11)18/h3-5,17-18H,6H2,1-2H3,(H,13,14,15). The number of aromatic hydroxyl groups is 2. The molecule has 0 aliphatic rings. The van der Waals surface area contributed by atoms with Gasteiger partial charge in [-0.2, -0.15) is 5.10 Å². The third kappa shape index (κ3) is 2.65. The lowest BCUT2D eigenvalue weighted by Gasteiger charge is -2.16. The van der Waals surface area contributed by atoms with Gasteiger partial charge in [0.25, 0.3) is 5.91 Å². The number of carbonyl (C=O) groups excluding carboxylic acids is 1. The molecule has 1 aromatic heterocycles. The molecule has 0 radical (unpaired) electrons. The minimum Gasteiger partial charge on any atom is -0.507 e. The van der Waals surface area contributed by atoms with Crippen LogP contribution in [0, 0.1) is 6.92 Å². The highest BCUT2D eigenvalue weighted by atomic mass is 16.3. The van der Waals surface area contributed by atoms with Gasteiger partial charge in [0.15, 0.2) is 5.82 Å². The Labute approximate surface area is 109 Å². The third-order valence-electron chi connectivity index (χ3n) is 2.60. The fraction of sp³-hybridized carbons (Fsp3) is 0.250. The molecule has 100 valence electrons. The van der Waals surface area contributed by atoms with Crippen LogP contribution >= 0.6 is 0 Å². The molecule has 2 aromatic rings. The van der Waals surface area contributed by atoms with Crippen LogP contribution in [0.4, 0.5) is 0 Å². The van der Waals surface area contributed by atoms with E-state index in [0.29, 0.717) is 11.6 Å². The number of hydrogen-bond acceptors (Lipinski definition) is 5. The number of amides is 1. The zero-order valence-corrected chi connectivity index (χ0v) is 10.6. The molecule has 0 spiro atoms. The first-order chi connectivity index (χ1) is 8.99. The normalized spacial score (nSPS) is 10.4. The van der Waals surface area contributed by atoms with Crippen molar-refractivity contribution in [3.63, 3.8) is 0 Å². The summed E-state index contributed by atoms with van der Waals surface area (Å²) >= 11 is 0. The van der Waals surface area contributed by atoms with E-state index in [1.54, 1.807) is 14.0 Å². The second kappa shape index (κ2) is 4.97. The molecule has 3 N–H and O–H groups in total. The largest absolute Gasteiger partial charge is 0.507 e. The molecule has 0 fully saturated rings. The Balaban J connectivity index is 2.19. The monoisotopic (exact) mass is 262 g/mol. The zero-order valence-electron chi connectivity index (χ0n) is 10.6. The quantitative estimate of drug-likeness (QED) is 0.759. The van der Waals surface area contributed by atoms with Crippen molar-refractivity contribution in [2.75, 3.05) is 7.05 Å². The fourth-order valence-corrected chi connectivity index (χ4v) is 1.68. The highest BCUT2D eigenvalue weighted by Crippen LogP contribution is 2.27. The number of hydrogen-bond donors (Lipinski definition) is 3. The fourth-order valence-electron chi connectivity index (χ4n) is 1.68. The first-order valence-corrected chi connectivity index (χ1v) is 5.63. The molecule has 2 rings (SSSR count). The molecular formula is C12H14N4O3. The molecule has 0 aliphatic carbocycles. The Hall–Kier alpha value is -2.57. The van der Waals surface area contributed by atoms with Gasteiger partial charge in [-0.1, -0.05) is 6.07 Å². The summed E-state index contributed by atoms with van der Waals surface area (Å²) in [6.45, 7) is 1.93. The number of nitrogens with zero attached hydrogens (tertiary/aromatic N) is 3. The molecule has 1 aromatic carbocycles. The average Bonchev–Trinajstić information content (AvgIpc) is 2.74. The SMILES string of the molecule is Cc1nc(CN(C)C(=O)c2c(O)cccc2O)n[nH]1. The molecule has 0 unspecified atom stereocenters. The van der Waals surface area contributed by atoms with E-state index in [0.717, 1.165) is 0 Å². The maximum Gasteiger partial charge on any atom is 0.261 e. The van der Waals surface area contributed by atoms with Crippen molar-refractivity contribution >= 4 is 5.91 Å². The molecule has 0 bridgehead atoms. The van der Waals surface area contributed by atoms with Crippen molar-refractivity contribution in [1.82, 2.24) is 20.1 Å². The van der Waals surface area contributed by atoms with Crippen LogP contribution in [0.25, 0.3) is 0 Å². The summed E-state index contributed by atoms with van der Waals surface area (Å²) in [5, 5.41) is 25.9. The van der Waals surface area contributed by atoms with Crippen molar-refractivity contribution in [1.29, 1.82) is 0 Å². The second-order valence-electron chi connectivity index (χ2n) is 4.17. The van der Waals surface area contributed by atoms with Crippen LogP contribution in [0.15, 0.2) is 18.2 Å². The van der Waals surface area contributed by atoms with Gasteiger partial charge in [-0.05, 0) is 19.1 Å². The number of rotatable bonds is 3. The van der Waals surface area contributed by atoms with Crippen LogP contribution < -0.4 is 0 Å². The van der Waals surface area contributed by atoms with Crippen molar-refractivity contribution in [2.24, 2.45) is 0 Å². The summed E-state index contributed by atoms with van der Waals surface area (Å²) in [5.74, 6) is 0.0913. The summed E-state index contributed by atoms with van der Waals surface area (Å²) in [6.07, 6.45) is 0. The second-order valence-corrected chi connectivity index (χ2v) is 4.17. The predicted molar refractivity (Wildman–Crippen MR) is 66.7 cm³/mol. The maximum atomic E-state index is 12.1. The van der Waals surface area contributed by atoms with Crippen LogP contribution in [0.5, 0.6) is 11.5 Å².